The summed E-state index contributed by atoms with van der Waals surface area (Å²) in [6.07, 6.45) is 2.57. The maximum absolute atomic E-state index is 12.3. The van der Waals surface area contributed by atoms with Crippen LogP contribution in [-0.2, 0) is 6.42 Å². The Hall–Kier alpha value is -3.14. The van der Waals surface area contributed by atoms with Gasteiger partial charge in [0.25, 0.3) is 5.91 Å². The van der Waals surface area contributed by atoms with Gasteiger partial charge in [-0.05, 0) is 36.2 Å². The zero-order valence-electron chi connectivity index (χ0n) is 13.3. The third-order valence-electron chi connectivity index (χ3n) is 3.61. The summed E-state index contributed by atoms with van der Waals surface area (Å²) < 4.78 is 0. The number of carbonyl (C=O) groups is 1. The number of amides is 1. The highest BCUT2D eigenvalue weighted by Gasteiger charge is 2.08. The van der Waals surface area contributed by atoms with Gasteiger partial charge in [0, 0.05) is 24.1 Å². The fraction of sp³-hybridized carbons (Fsp3) is 0.100. The highest BCUT2D eigenvalue weighted by Crippen LogP contribution is 2.11. The second kappa shape index (κ2) is 7.92. The number of anilines is 2. The topological polar surface area (TPSA) is 54.0 Å². The second-order valence-electron chi connectivity index (χ2n) is 5.41. The van der Waals surface area contributed by atoms with E-state index in [1.807, 2.05) is 54.6 Å². The summed E-state index contributed by atoms with van der Waals surface area (Å²) in [5.41, 5.74) is 3.32. The fourth-order valence-corrected chi connectivity index (χ4v) is 2.38. The highest BCUT2D eigenvalue weighted by molar-refractivity contribution is 6.03. The molecule has 0 atom stereocenters. The normalized spacial score (nSPS) is 10.2. The van der Waals surface area contributed by atoms with Gasteiger partial charge in [-0.2, -0.15) is 0 Å². The Balaban J connectivity index is 1.58. The van der Waals surface area contributed by atoms with Crippen LogP contribution in [0.15, 0.2) is 79.0 Å². The van der Waals surface area contributed by atoms with E-state index in [1.165, 1.54) is 5.56 Å². The Labute approximate surface area is 141 Å². The number of carbonyl (C=O) groups excluding carboxylic acids is 1. The summed E-state index contributed by atoms with van der Waals surface area (Å²) in [6.45, 7) is 0.799. The van der Waals surface area contributed by atoms with Gasteiger partial charge in [0.05, 0.1) is 0 Å². The fourth-order valence-electron chi connectivity index (χ4n) is 2.38. The molecule has 3 rings (SSSR count). The summed E-state index contributed by atoms with van der Waals surface area (Å²) in [4.78, 5) is 16.4. The summed E-state index contributed by atoms with van der Waals surface area (Å²) in [6, 6.07) is 23.3. The van der Waals surface area contributed by atoms with Crippen LogP contribution in [0.1, 0.15) is 16.1 Å². The van der Waals surface area contributed by atoms with Gasteiger partial charge in [0.2, 0.25) is 0 Å². The lowest BCUT2D eigenvalue weighted by Crippen LogP contribution is -2.14. The zero-order valence-corrected chi connectivity index (χ0v) is 13.3. The minimum Gasteiger partial charge on any atom is -0.385 e. The summed E-state index contributed by atoms with van der Waals surface area (Å²) in [7, 11) is 0. The Morgan fingerprint density at radius 1 is 0.875 bits per heavy atom. The molecule has 0 spiro atoms. The molecular formula is C20H19N3O. The molecular weight excluding hydrogens is 298 g/mol. The van der Waals surface area contributed by atoms with E-state index in [0.717, 1.165) is 24.3 Å². The Morgan fingerprint density at radius 2 is 1.58 bits per heavy atom. The number of nitrogens with one attached hydrogen (secondary N) is 2. The number of nitrogens with zero attached hydrogens (tertiary/aromatic N) is 1. The number of aromatic nitrogens is 1. The number of rotatable bonds is 6. The van der Waals surface area contributed by atoms with Crippen LogP contribution in [0.2, 0.25) is 0 Å². The summed E-state index contributed by atoms with van der Waals surface area (Å²) in [5.74, 6) is -0.215. The zero-order chi connectivity index (χ0) is 16.6. The van der Waals surface area contributed by atoms with E-state index in [9.17, 15) is 4.79 Å². The Bertz CT molecular complexity index is 788. The van der Waals surface area contributed by atoms with Crippen LogP contribution in [0.5, 0.6) is 0 Å². The van der Waals surface area contributed by atoms with Crippen molar-refractivity contribution in [2.24, 2.45) is 0 Å². The Kier molecular flexibility index (Phi) is 5.20. The number of para-hydroxylation sites is 1. The van der Waals surface area contributed by atoms with Crippen LogP contribution in [0.3, 0.4) is 0 Å². The molecule has 4 nitrogen and oxygen atoms in total. The van der Waals surface area contributed by atoms with Crippen LogP contribution in [0.4, 0.5) is 11.4 Å². The van der Waals surface area contributed by atoms with Crippen LogP contribution in [0.25, 0.3) is 0 Å². The van der Waals surface area contributed by atoms with E-state index >= 15 is 0 Å². The lowest BCUT2D eigenvalue weighted by atomic mass is 10.1. The van der Waals surface area contributed by atoms with E-state index in [1.54, 1.807) is 12.3 Å². The highest BCUT2D eigenvalue weighted by atomic mass is 16.1. The summed E-state index contributed by atoms with van der Waals surface area (Å²) in [5, 5.41) is 6.17. The van der Waals surface area contributed by atoms with Crippen molar-refractivity contribution in [1.82, 2.24) is 4.98 Å². The van der Waals surface area contributed by atoms with Crippen LogP contribution >= 0.6 is 0 Å². The third kappa shape index (κ3) is 4.43. The molecule has 0 aliphatic carbocycles. The molecule has 24 heavy (non-hydrogen) atoms. The smallest absolute Gasteiger partial charge is 0.274 e. The van der Waals surface area contributed by atoms with E-state index < -0.39 is 0 Å². The first-order valence-corrected chi connectivity index (χ1v) is 7.91. The first-order chi connectivity index (χ1) is 11.8. The molecule has 1 heterocycles. The molecule has 4 heteroatoms. The molecule has 0 saturated carbocycles. The number of hydrogen-bond donors (Lipinski definition) is 2. The van der Waals surface area contributed by atoms with Crippen molar-refractivity contribution in [2.75, 3.05) is 17.2 Å². The van der Waals surface area contributed by atoms with Crippen molar-refractivity contribution in [3.8, 4) is 0 Å². The molecule has 0 unspecified atom stereocenters. The van der Waals surface area contributed by atoms with Crippen LogP contribution in [0, 0.1) is 0 Å². The summed E-state index contributed by atoms with van der Waals surface area (Å²) >= 11 is 0. The van der Waals surface area contributed by atoms with Crippen molar-refractivity contribution < 1.29 is 4.79 Å². The number of hydrogen-bond acceptors (Lipinski definition) is 3. The SMILES string of the molecule is O=C(Nc1ccccc1)c1cc(NCCc2ccccc2)ccn1. The molecule has 0 radical (unpaired) electrons. The molecule has 0 saturated heterocycles. The van der Waals surface area contributed by atoms with Gasteiger partial charge in [-0.1, -0.05) is 48.5 Å². The quantitative estimate of drug-likeness (QED) is 0.723. The van der Waals surface area contributed by atoms with Crippen LogP contribution < -0.4 is 10.6 Å². The largest absolute Gasteiger partial charge is 0.385 e. The van der Waals surface area contributed by atoms with E-state index in [4.69, 9.17) is 0 Å². The standard InChI is InChI=1S/C20H19N3O/c24-20(23-17-9-5-2-6-10-17)19-15-18(12-14-22-19)21-13-11-16-7-3-1-4-8-16/h1-10,12,14-15H,11,13H2,(H,21,22)(H,23,24). The van der Waals surface area contributed by atoms with Crippen molar-refractivity contribution in [1.29, 1.82) is 0 Å². The van der Waals surface area contributed by atoms with Crippen molar-refractivity contribution in [3.63, 3.8) is 0 Å². The van der Waals surface area contributed by atoms with Gasteiger partial charge in [0.15, 0.2) is 0 Å². The van der Waals surface area contributed by atoms with E-state index in [2.05, 4.69) is 27.8 Å². The maximum atomic E-state index is 12.3. The van der Waals surface area contributed by atoms with Gasteiger partial charge >= 0.3 is 0 Å². The molecule has 0 aliphatic rings. The molecule has 0 aliphatic heterocycles. The molecule has 0 fully saturated rings. The van der Waals surface area contributed by atoms with Crippen molar-refractivity contribution >= 4 is 17.3 Å². The molecule has 2 aromatic carbocycles. The number of benzene rings is 2. The number of pyridine rings is 1. The molecule has 0 bridgehead atoms. The minimum atomic E-state index is -0.215. The molecule has 1 amide bonds. The van der Waals surface area contributed by atoms with Gasteiger partial charge in [0.1, 0.15) is 5.69 Å². The monoisotopic (exact) mass is 317 g/mol. The van der Waals surface area contributed by atoms with Gasteiger partial charge in [-0.3, -0.25) is 9.78 Å². The van der Waals surface area contributed by atoms with Crippen LogP contribution in [-0.4, -0.2) is 17.4 Å². The molecule has 3 aromatic rings. The molecule has 120 valence electrons. The first kappa shape index (κ1) is 15.7. The lowest BCUT2D eigenvalue weighted by Gasteiger charge is -2.08. The van der Waals surface area contributed by atoms with E-state index in [-0.39, 0.29) is 5.91 Å². The first-order valence-electron chi connectivity index (χ1n) is 7.91. The van der Waals surface area contributed by atoms with Gasteiger partial charge in [-0.15, -0.1) is 0 Å². The third-order valence-corrected chi connectivity index (χ3v) is 3.61. The maximum Gasteiger partial charge on any atom is 0.274 e. The predicted molar refractivity (Wildman–Crippen MR) is 97.3 cm³/mol. The predicted octanol–water partition coefficient (Wildman–Crippen LogP) is 3.99. The average Bonchev–Trinajstić information content (AvgIpc) is 2.64. The second-order valence-corrected chi connectivity index (χ2v) is 5.41. The van der Waals surface area contributed by atoms with Crippen molar-refractivity contribution in [2.45, 2.75) is 6.42 Å². The lowest BCUT2D eigenvalue weighted by molar-refractivity contribution is 0.102. The average molecular weight is 317 g/mol. The van der Waals surface area contributed by atoms with Gasteiger partial charge < -0.3 is 10.6 Å². The minimum absolute atomic E-state index is 0.215. The Morgan fingerprint density at radius 3 is 2.33 bits per heavy atom. The molecule has 1 aromatic heterocycles. The van der Waals surface area contributed by atoms with Gasteiger partial charge in [-0.25, -0.2) is 0 Å². The van der Waals surface area contributed by atoms with Crippen molar-refractivity contribution in [3.05, 3.63) is 90.3 Å². The molecule has 2 N–H and O–H groups in total. The van der Waals surface area contributed by atoms with E-state index in [0.29, 0.717) is 5.69 Å².